The summed E-state index contributed by atoms with van der Waals surface area (Å²) in [5.41, 5.74) is 1.86. The fourth-order valence-corrected chi connectivity index (χ4v) is 2.51. The van der Waals surface area contributed by atoms with Gasteiger partial charge in [-0.25, -0.2) is 0 Å². The summed E-state index contributed by atoms with van der Waals surface area (Å²) in [6, 6.07) is 0. The van der Waals surface area contributed by atoms with E-state index in [0.29, 0.717) is 0 Å². The largest absolute Gasteiger partial charge is 0.501 e. The second-order valence-electron chi connectivity index (χ2n) is 3.90. The molecule has 1 aromatic heterocycles. The molecule has 5 heteroatoms. The molecule has 1 atom stereocenters. The van der Waals surface area contributed by atoms with E-state index in [2.05, 4.69) is 16.5 Å². The molecule has 2 heterocycles. The fourth-order valence-electron chi connectivity index (χ4n) is 1.79. The van der Waals surface area contributed by atoms with E-state index < -0.39 is 6.10 Å². The van der Waals surface area contributed by atoms with Crippen molar-refractivity contribution in [2.45, 2.75) is 38.7 Å². The Hall–Kier alpha value is -0.940. The number of aromatic nitrogens is 2. The van der Waals surface area contributed by atoms with Crippen molar-refractivity contribution in [1.82, 2.24) is 9.59 Å². The summed E-state index contributed by atoms with van der Waals surface area (Å²) in [4.78, 5) is 0.874. The molecule has 0 spiro atoms. The van der Waals surface area contributed by atoms with Crippen LogP contribution in [0.3, 0.4) is 0 Å². The van der Waals surface area contributed by atoms with Gasteiger partial charge < -0.3 is 9.84 Å². The van der Waals surface area contributed by atoms with E-state index in [0.717, 1.165) is 48.4 Å². The van der Waals surface area contributed by atoms with Crippen LogP contribution in [0.15, 0.2) is 11.8 Å². The van der Waals surface area contributed by atoms with Crippen molar-refractivity contribution in [2.75, 3.05) is 6.61 Å². The third-order valence-electron chi connectivity index (χ3n) is 2.63. The van der Waals surface area contributed by atoms with Crippen molar-refractivity contribution >= 4 is 11.5 Å². The lowest BCUT2D eigenvalue weighted by molar-refractivity contribution is 0.172. The van der Waals surface area contributed by atoms with Gasteiger partial charge in [-0.15, -0.1) is 5.10 Å². The average Bonchev–Trinajstić information content (AvgIpc) is 2.78. The lowest BCUT2D eigenvalue weighted by Crippen LogP contribution is -2.08. The molecule has 0 saturated heterocycles. The zero-order valence-corrected chi connectivity index (χ0v) is 10.2. The topological polar surface area (TPSA) is 55.2 Å². The van der Waals surface area contributed by atoms with E-state index in [1.54, 1.807) is 6.26 Å². The van der Waals surface area contributed by atoms with E-state index in [-0.39, 0.29) is 0 Å². The maximum absolute atomic E-state index is 10.2. The molecule has 0 fully saturated rings. The number of nitrogens with zero attached hydrogens (tertiary/aromatic N) is 2. The van der Waals surface area contributed by atoms with Crippen molar-refractivity contribution in [3.8, 4) is 0 Å². The third-order valence-corrected chi connectivity index (χ3v) is 3.45. The van der Waals surface area contributed by atoms with Crippen LogP contribution < -0.4 is 0 Å². The molecule has 0 aliphatic carbocycles. The zero-order chi connectivity index (χ0) is 11.4. The van der Waals surface area contributed by atoms with Gasteiger partial charge in [-0.2, -0.15) is 0 Å². The quantitative estimate of drug-likeness (QED) is 0.876. The molecule has 2 rings (SSSR count). The predicted molar refractivity (Wildman–Crippen MR) is 62.1 cm³/mol. The highest BCUT2D eigenvalue weighted by atomic mass is 32.1. The summed E-state index contributed by atoms with van der Waals surface area (Å²) >= 11 is 1.28. The monoisotopic (exact) mass is 240 g/mol. The summed E-state index contributed by atoms with van der Waals surface area (Å²) in [5.74, 6) is 0. The lowest BCUT2D eigenvalue weighted by Gasteiger charge is -2.18. The molecular formula is C11H16N2O2S. The molecule has 1 aromatic rings. The minimum atomic E-state index is -0.582. The number of aliphatic hydroxyl groups excluding tert-OH is 1. The Morgan fingerprint density at radius 1 is 1.62 bits per heavy atom. The van der Waals surface area contributed by atoms with E-state index in [1.807, 2.05) is 0 Å². The summed E-state index contributed by atoms with van der Waals surface area (Å²) < 4.78 is 9.16. The summed E-state index contributed by atoms with van der Waals surface area (Å²) in [6.45, 7) is 2.84. The molecule has 1 aliphatic rings. The highest BCUT2D eigenvalue weighted by Crippen LogP contribution is 2.31. The Morgan fingerprint density at radius 2 is 2.50 bits per heavy atom. The molecule has 16 heavy (non-hydrogen) atoms. The van der Waals surface area contributed by atoms with Gasteiger partial charge in [0.05, 0.1) is 23.4 Å². The normalized spacial score (nSPS) is 17.8. The van der Waals surface area contributed by atoms with Crippen molar-refractivity contribution < 1.29 is 9.84 Å². The zero-order valence-electron chi connectivity index (χ0n) is 9.35. The van der Waals surface area contributed by atoms with Gasteiger partial charge in [-0.1, -0.05) is 17.8 Å². The van der Waals surface area contributed by atoms with Gasteiger partial charge >= 0.3 is 0 Å². The second kappa shape index (κ2) is 5.41. The minimum absolute atomic E-state index is 0.582. The number of hydrogen-bond donors (Lipinski definition) is 1. The predicted octanol–water partition coefficient (Wildman–Crippen LogP) is 2.22. The molecule has 0 aromatic carbocycles. The first-order valence-electron chi connectivity index (χ1n) is 5.62. The number of ether oxygens (including phenoxy) is 1. The Bertz CT molecular complexity index is 376. The maximum Gasteiger partial charge on any atom is 0.116 e. The molecule has 88 valence electrons. The van der Waals surface area contributed by atoms with Gasteiger partial charge in [0.25, 0.3) is 0 Å². The standard InChI is InChI=1S/C11H16N2O2S/c1-2-4-9-11(16-13-12-9)10(14)8-5-3-6-15-7-8/h7,10,14H,2-6H2,1H3. The third kappa shape index (κ3) is 2.41. The number of aliphatic hydroxyl groups is 1. The molecule has 0 radical (unpaired) electrons. The Labute approximate surface area is 99.1 Å². The van der Waals surface area contributed by atoms with Crippen LogP contribution >= 0.6 is 11.5 Å². The molecule has 0 saturated carbocycles. The van der Waals surface area contributed by atoms with Crippen LogP contribution in [-0.2, 0) is 11.2 Å². The van der Waals surface area contributed by atoms with E-state index in [1.165, 1.54) is 11.5 Å². The molecular weight excluding hydrogens is 224 g/mol. The smallest absolute Gasteiger partial charge is 0.116 e. The Kier molecular flexibility index (Phi) is 3.90. The highest BCUT2D eigenvalue weighted by molar-refractivity contribution is 7.05. The lowest BCUT2D eigenvalue weighted by atomic mass is 10.0. The summed E-state index contributed by atoms with van der Waals surface area (Å²) in [7, 11) is 0. The van der Waals surface area contributed by atoms with Crippen molar-refractivity contribution in [3.05, 3.63) is 22.4 Å². The van der Waals surface area contributed by atoms with Crippen LogP contribution in [0.1, 0.15) is 42.9 Å². The molecule has 4 nitrogen and oxygen atoms in total. The van der Waals surface area contributed by atoms with Crippen molar-refractivity contribution in [1.29, 1.82) is 0 Å². The number of hydrogen-bond acceptors (Lipinski definition) is 5. The SMILES string of the molecule is CCCc1nnsc1C(O)C1=COCCC1. The van der Waals surface area contributed by atoms with E-state index in [9.17, 15) is 5.11 Å². The van der Waals surface area contributed by atoms with Crippen LogP contribution in [0.4, 0.5) is 0 Å². The van der Waals surface area contributed by atoms with Gasteiger partial charge in [0.1, 0.15) is 6.10 Å². The second-order valence-corrected chi connectivity index (χ2v) is 4.69. The summed E-state index contributed by atoms with van der Waals surface area (Å²) in [5, 5.41) is 14.3. The van der Waals surface area contributed by atoms with Crippen LogP contribution in [0.5, 0.6) is 0 Å². The molecule has 1 aliphatic heterocycles. The molecule has 1 N–H and O–H groups in total. The fraction of sp³-hybridized carbons (Fsp3) is 0.636. The van der Waals surface area contributed by atoms with E-state index >= 15 is 0 Å². The maximum atomic E-state index is 10.2. The van der Waals surface area contributed by atoms with Crippen molar-refractivity contribution in [2.24, 2.45) is 0 Å². The molecule has 0 bridgehead atoms. The Morgan fingerprint density at radius 3 is 3.19 bits per heavy atom. The van der Waals surface area contributed by atoms with Gasteiger partial charge in [-0.3, -0.25) is 0 Å². The van der Waals surface area contributed by atoms with Gasteiger partial charge in [-0.05, 0) is 36.4 Å². The number of rotatable bonds is 4. The van der Waals surface area contributed by atoms with Gasteiger partial charge in [0.2, 0.25) is 0 Å². The molecule has 0 amide bonds. The van der Waals surface area contributed by atoms with Crippen LogP contribution in [0.2, 0.25) is 0 Å². The van der Waals surface area contributed by atoms with Crippen LogP contribution in [-0.4, -0.2) is 21.3 Å². The van der Waals surface area contributed by atoms with Crippen LogP contribution in [0, 0.1) is 0 Å². The van der Waals surface area contributed by atoms with E-state index in [4.69, 9.17) is 4.74 Å². The average molecular weight is 240 g/mol. The summed E-state index contributed by atoms with van der Waals surface area (Å²) in [6.07, 6.45) is 4.85. The van der Waals surface area contributed by atoms with Gasteiger partial charge in [0.15, 0.2) is 0 Å². The Balaban J connectivity index is 2.15. The van der Waals surface area contributed by atoms with Crippen LogP contribution in [0.25, 0.3) is 0 Å². The minimum Gasteiger partial charge on any atom is -0.501 e. The van der Waals surface area contributed by atoms with Crippen molar-refractivity contribution in [3.63, 3.8) is 0 Å². The number of aryl methyl sites for hydroxylation is 1. The molecule has 1 unspecified atom stereocenters. The van der Waals surface area contributed by atoms with Gasteiger partial charge in [0, 0.05) is 0 Å². The first kappa shape index (κ1) is 11.5. The highest BCUT2D eigenvalue weighted by Gasteiger charge is 2.21. The first-order valence-corrected chi connectivity index (χ1v) is 6.40. The first-order chi connectivity index (χ1) is 7.83.